The molecule has 0 radical (unpaired) electrons. The van der Waals surface area contributed by atoms with Crippen molar-refractivity contribution in [1.82, 2.24) is 9.88 Å². The maximum absolute atomic E-state index is 14.7. The molecule has 0 aliphatic carbocycles. The highest BCUT2D eigenvalue weighted by molar-refractivity contribution is 5.99. The number of hydrogen-bond donors (Lipinski definition) is 1. The van der Waals surface area contributed by atoms with Gasteiger partial charge in [0.25, 0.3) is 0 Å². The standard InChI is InChI=1S/C22H25FN4/c1-14-6-4-7-18(23)22(14)15-10-16-13-25-20(24)12-17(16)19(11-15)27-9-5-8-21(27)26(2)3/h4,6-7,10-13,21H,5,8-9H2,1-3H3,(H2,24,25)/t21-/m0/s1. The molecule has 1 aliphatic rings. The molecule has 1 atom stereocenters. The first kappa shape index (κ1) is 17.7. The number of fused-ring (bicyclic) bond motifs is 1. The molecule has 0 unspecified atom stereocenters. The van der Waals surface area contributed by atoms with Gasteiger partial charge in [0.2, 0.25) is 0 Å². The molecular weight excluding hydrogens is 339 g/mol. The topological polar surface area (TPSA) is 45.4 Å². The average Bonchev–Trinajstić information content (AvgIpc) is 3.11. The van der Waals surface area contributed by atoms with Crippen LogP contribution in [0.2, 0.25) is 0 Å². The zero-order valence-electron chi connectivity index (χ0n) is 16.0. The number of nitrogen functional groups attached to an aromatic ring is 1. The lowest BCUT2D eigenvalue weighted by Gasteiger charge is -2.33. The minimum absolute atomic E-state index is 0.200. The van der Waals surface area contributed by atoms with E-state index >= 15 is 0 Å². The number of aryl methyl sites for hydroxylation is 1. The number of benzene rings is 2. The Balaban J connectivity index is 1.97. The molecule has 1 aromatic heterocycles. The molecule has 4 rings (SSSR count). The van der Waals surface area contributed by atoms with Crippen LogP contribution in [-0.4, -0.2) is 36.7 Å². The lowest BCUT2D eigenvalue weighted by Crippen LogP contribution is -2.40. The summed E-state index contributed by atoms with van der Waals surface area (Å²) in [4.78, 5) is 8.91. The largest absolute Gasteiger partial charge is 0.384 e. The molecule has 4 nitrogen and oxygen atoms in total. The molecule has 5 heteroatoms. The van der Waals surface area contributed by atoms with Gasteiger partial charge in [-0.3, -0.25) is 4.90 Å². The Labute approximate surface area is 159 Å². The second-order valence-electron chi connectivity index (χ2n) is 7.54. The minimum atomic E-state index is -0.200. The van der Waals surface area contributed by atoms with Crippen molar-refractivity contribution in [2.45, 2.75) is 25.9 Å². The number of nitrogens with zero attached hydrogens (tertiary/aromatic N) is 3. The van der Waals surface area contributed by atoms with Crippen molar-refractivity contribution >= 4 is 22.3 Å². The lowest BCUT2D eigenvalue weighted by atomic mass is 9.96. The van der Waals surface area contributed by atoms with Gasteiger partial charge in [-0.05, 0) is 69.3 Å². The van der Waals surface area contributed by atoms with Gasteiger partial charge in [0.05, 0.1) is 6.17 Å². The Morgan fingerprint density at radius 2 is 2.04 bits per heavy atom. The molecule has 2 heterocycles. The van der Waals surface area contributed by atoms with Crippen molar-refractivity contribution < 1.29 is 4.39 Å². The van der Waals surface area contributed by atoms with Gasteiger partial charge in [0.15, 0.2) is 0 Å². The SMILES string of the molecule is Cc1cccc(F)c1-c1cc(N2CCC[C@H]2N(C)C)c2cc(N)ncc2c1. The minimum Gasteiger partial charge on any atom is -0.384 e. The highest BCUT2D eigenvalue weighted by Crippen LogP contribution is 2.38. The van der Waals surface area contributed by atoms with Crippen molar-refractivity contribution in [3.8, 4) is 11.1 Å². The van der Waals surface area contributed by atoms with E-state index in [2.05, 4.69) is 34.9 Å². The summed E-state index contributed by atoms with van der Waals surface area (Å²) in [7, 11) is 4.21. The third kappa shape index (κ3) is 3.12. The number of rotatable bonds is 3. The first-order valence-electron chi connectivity index (χ1n) is 9.33. The molecule has 140 valence electrons. The molecule has 2 aromatic carbocycles. The van der Waals surface area contributed by atoms with E-state index in [0.717, 1.165) is 47.0 Å². The first-order valence-corrected chi connectivity index (χ1v) is 9.33. The predicted molar refractivity (Wildman–Crippen MR) is 110 cm³/mol. The first-order chi connectivity index (χ1) is 13.0. The Morgan fingerprint density at radius 3 is 2.78 bits per heavy atom. The van der Waals surface area contributed by atoms with Crippen LogP contribution in [0.3, 0.4) is 0 Å². The molecule has 27 heavy (non-hydrogen) atoms. The van der Waals surface area contributed by atoms with E-state index in [1.165, 1.54) is 6.07 Å². The second kappa shape index (κ2) is 6.82. The van der Waals surface area contributed by atoms with E-state index in [4.69, 9.17) is 5.73 Å². The third-order valence-corrected chi connectivity index (χ3v) is 5.47. The lowest BCUT2D eigenvalue weighted by molar-refractivity contribution is 0.301. The molecular formula is C22H25FN4. The van der Waals surface area contributed by atoms with Crippen LogP contribution in [0.1, 0.15) is 18.4 Å². The van der Waals surface area contributed by atoms with Crippen molar-refractivity contribution in [2.75, 3.05) is 31.3 Å². The zero-order valence-corrected chi connectivity index (χ0v) is 16.0. The van der Waals surface area contributed by atoms with Crippen LogP contribution in [0.5, 0.6) is 0 Å². The second-order valence-corrected chi connectivity index (χ2v) is 7.54. The highest BCUT2D eigenvalue weighted by Gasteiger charge is 2.28. The molecule has 1 fully saturated rings. The van der Waals surface area contributed by atoms with Crippen LogP contribution >= 0.6 is 0 Å². The maximum Gasteiger partial charge on any atom is 0.131 e. The summed E-state index contributed by atoms with van der Waals surface area (Å²) in [5, 5.41) is 2.04. The molecule has 0 spiro atoms. The fourth-order valence-corrected chi connectivity index (χ4v) is 4.20. The summed E-state index contributed by atoms with van der Waals surface area (Å²) in [6.07, 6.45) is 4.35. The van der Waals surface area contributed by atoms with Crippen LogP contribution in [0.25, 0.3) is 21.9 Å². The normalized spacial score (nSPS) is 17.2. The van der Waals surface area contributed by atoms with Crippen LogP contribution in [-0.2, 0) is 0 Å². The Kier molecular flexibility index (Phi) is 4.48. The van der Waals surface area contributed by atoms with Gasteiger partial charge in [-0.25, -0.2) is 9.37 Å². The Bertz CT molecular complexity index is 979. The molecule has 0 saturated carbocycles. The number of pyridine rings is 1. The molecule has 1 saturated heterocycles. The average molecular weight is 364 g/mol. The van der Waals surface area contributed by atoms with Crippen LogP contribution in [0, 0.1) is 12.7 Å². The number of halogens is 1. The zero-order chi connectivity index (χ0) is 19.1. The summed E-state index contributed by atoms with van der Waals surface area (Å²) in [5.41, 5.74) is 9.53. The van der Waals surface area contributed by atoms with Gasteiger partial charge < -0.3 is 10.6 Å². The van der Waals surface area contributed by atoms with Crippen LogP contribution in [0.15, 0.2) is 42.6 Å². The maximum atomic E-state index is 14.7. The van der Waals surface area contributed by atoms with E-state index in [1.807, 2.05) is 25.1 Å². The Morgan fingerprint density at radius 1 is 1.22 bits per heavy atom. The summed E-state index contributed by atoms with van der Waals surface area (Å²) in [5.74, 6) is 0.299. The quantitative estimate of drug-likeness (QED) is 0.747. The number of aromatic nitrogens is 1. The van der Waals surface area contributed by atoms with Crippen molar-refractivity contribution in [2.24, 2.45) is 0 Å². The van der Waals surface area contributed by atoms with Gasteiger partial charge in [0, 0.05) is 34.8 Å². The number of nitrogens with two attached hydrogens (primary N) is 1. The van der Waals surface area contributed by atoms with E-state index in [9.17, 15) is 4.39 Å². The predicted octanol–water partition coefficient (Wildman–Crippen LogP) is 4.42. The Hall–Kier alpha value is -2.66. The van der Waals surface area contributed by atoms with Crippen molar-refractivity contribution in [3.05, 3.63) is 54.0 Å². The van der Waals surface area contributed by atoms with Crippen LogP contribution < -0.4 is 10.6 Å². The number of hydrogen-bond acceptors (Lipinski definition) is 4. The van der Waals surface area contributed by atoms with Gasteiger partial charge >= 0.3 is 0 Å². The molecule has 0 bridgehead atoms. The van der Waals surface area contributed by atoms with Gasteiger partial charge in [-0.1, -0.05) is 12.1 Å². The van der Waals surface area contributed by atoms with Crippen molar-refractivity contribution in [3.63, 3.8) is 0 Å². The fraction of sp³-hybridized carbons (Fsp3) is 0.318. The van der Waals surface area contributed by atoms with E-state index < -0.39 is 0 Å². The molecule has 3 aromatic rings. The van der Waals surface area contributed by atoms with Gasteiger partial charge in [-0.2, -0.15) is 0 Å². The smallest absolute Gasteiger partial charge is 0.131 e. The summed E-state index contributed by atoms with van der Waals surface area (Å²) in [6, 6.07) is 11.3. The summed E-state index contributed by atoms with van der Waals surface area (Å²) < 4.78 is 14.7. The van der Waals surface area contributed by atoms with E-state index in [-0.39, 0.29) is 5.82 Å². The summed E-state index contributed by atoms with van der Waals surface area (Å²) in [6.45, 7) is 2.92. The van der Waals surface area contributed by atoms with Crippen LogP contribution in [0.4, 0.5) is 15.9 Å². The van der Waals surface area contributed by atoms with Gasteiger partial charge in [0.1, 0.15) is 11.6 Å². The molecule has 2 N–H and O–H groups in total. The number of anilines is 2. The monoisotopic (exact) mass is 364 g/mol. The highest BCUT2D eigenvalue weighted by atomic mass is 19.1. The third-order valence-electron chi connectivity index (χ3n) is 5.47. The van der Waals surface area contributed by atoms with Gasteiger partial charge in [-0.15, -0.1) is 0 Å². The van der Waals surface area contributed by atoms with Crippen molar-refractivity contribution in [1.29, 1.82) is 0 Å². The molecule has 0 amide bonds. The molecule has 1 aliphatic heterocycles. The summed E-state index contributed by atoms with van der Waals surface area (Å²) >= 11 is 0. The van der Waals surface area contributed by atoms with E-state index in [0.29, 0.717) is 17.5 Å². The fourth-order valence-electron chi connectivity index (χ4n) is 4.20. The van der Waals surface area contributed by atoms with E-state index in [1.54, 1.807) is 12.3 Å².